The Kier molecular flexibility index (Phi) is 2.30. The van der Waals surface area contributed by atoms with Crippen LogP contribution in [0.2, 0.25) is 0 Å². The highest BCUT2D eigenvalue weighted by atomic mass is 79.9. The van der Waals surface area contributed by atoms with Gasteiger partial charge in [-0.3, -0.25) is 0 Å². The quantitative estimate of drug-likeness (QED) is 0.462. The van der Waals surface area contributed by atoms with Crippen molar-refractivity contribution < 1.29 is 4.42 Å². The first-order chi connectivity index (χ1) is 8.15. The lowest BCUT2D eigenvalue weighted by Crippen LogP contribution is -1.99. The topological polar surface area (TPSA) is 30.2 Å². The zero-order valence-corrected chi connectivity index (χ0v) is 10.7. The lowest BCUT2D eigenvalue weighted by molar-refractivity contribution is 0.569. The van der Waals surface area contributed by atoms with Gasteiger partial charge < -0.3 is 4.42 Å². The third kappa shape index (κ3) is 1.67. The van der Waals surface area contributed by atoms with E-state index in [0.717, 1.165) is 20.8 Å². The first-order valence-corrected chi connectivity index (χ1v) is 6.07. The Morgan fingerprint density at radius 3 is 2.65 bits per heavy atom. The zero-order valence-electron chi connectivity index (χ0n) is 9.16. The van der Waals surface area contributed by atoms with Crippen LogP contribution in [0.4, 0.5) is 0 Å². The summed E-state index contributed by atoms with van der Waals surface area (Å²) in [7, 11) is 0. The van der Waals surface area contributed by atoms with E-state index in [0.29, 0.717) is 11.0 Å². The minimum Gasteiger partial charge on any atom is -0.422 e. The van der Waals surface area contributed by atoms with Crippen molar-refractivity contribution in [2.75, 3.05) is 0 Å². The van der Waals surface area contributed by atoms with Crippen molar-refractivity contribution in [1.82, 2.24) is 0 Å². The standard InChI is InChI=1S/C14H9BrO2/c1-8-2-5-13-12(6-8)11-7-9(15)3-4-10(11)14(16)17-13/h2-7H,1H3. The molecule has 3 aromatic rings. The summed E-state index contributed by atoms with van der Waals surface area (Å²) in [5.74, 6) is 0. The molecule has 2 nitrogen and oxygen atoms in total. The van der Waals surface area contributed by atoms with Gasteiger partial charge in [-0.25, -0.2) is 4.79 Å². The number of hydrogen-bond donors (Lipinski definition) is 0. The van der Waals surface area contributed by atoms with Gasteiger partial charge in [-0.2, -0.15) is 0 Å². The monoisotopic (exact) mass is 288 g/mol. The molecule has 0 aliphatic rings. The summed E-state index contributed by atoms with van der Waals surface area (Å²) in [5.41, 5.74) is 1.49. The van der Waals surface area contributed by atoms with E-state index in [2.05, 4.69) is 15.9 Å². The van der Waals surface area contributed by atoms with Crippen LogP contribution in [-0.4, -0.2) is 0 Å². The molecule has 0 aliphatic carbocycles. The molecule has 0 saturated carbocycles. The van der Waals surface area contributed by atoms with Gasteiger partial charge in [0, 0.05) is 15.2 Å². The predicted octanol–water partition coefficient (Wildman–Crippen LogP) is 4.02. The molecule has 1 heterocycles. The predicted molar refractivity (Wildman–Crippen MR) is 72.4 cm³/mol. The van der Waals surface area contributed by atoms with Crippen molar-refractivity contribution in [3.05, 3.63) is 56.9 Å². The molecular formula is C14H9BrO2. The van der Waals surface area contributed by atoms with Gasteiger partial charge in [0.25, 0.3) is 0 Å². The van der Waals surface area contributed by atoms with E-state index in [1.165, 1.54) is 0 Å². The third-order valence-electron chi connectivity index (χ3n) is 2.83. The second kappa shape index (κ2) is 3.70. The maximum absolute atomic E-state index is 11.8. The Hall–Kier alpha value is -1.61. The molecule has 3 rings (SSSR count). The molecule has 0 saturated heterocycles. The fraction of sp³-hybridized carbons (Fsp3) is 0.0714. The van der Waals surface area contributed by atoms with Crippen LogP contribution < -0.4 is 5.63 Å². The molecule has 0 amide bonds. The molecule has 0 bridgehead atoms. The van der Waals surface area contributed by atoms with Crippen molar-refractivity contribution in [1.29, 1.82) is 0 Å². The van der Waals surface area contributed by atoms with Crippen LogP contribution in [-0.2, 0) is 0 Å². The van der Waals surface area contributed by atoms with Crippen molar-refractivity contribution in [3.63, 3.8) is 0 Å². The fourth-order valence-electron chi connectivity index (χ4n) is 2.02. The maximum Gasteiger partial charge on any atom is 0.344 e. The maximum atomic E-state index is 11.8. The summed E-state index contributed by atoms with van der Waals surface area (Å²) >= 11 is 3.43. The molecule has 0 radical (unpaired) electrons. The highest BCUT2D eigenvalue weighted by Crippen LogP contribution is 2.26. The second-order valence-corrected chi connectivity index (χ2v) is 4.99. The molecule has 0 spiro atoms. The van der Waals surface area contributed by atoms with E-state index in [1.54, 1.807) is 6.07 Å². The van der Waals surface area contributed by atoms with E-state index >= 15 is 0 Å². The third-order valence-corrected chi connectivity index (χ3v) is 3.32. The second-order valence-electron chi connectivity index (χ2n) is 4.08. The molecule has 2 aromatic carbocycles. The summed E-state index contributed by atoms with van der Waals surface area (Å²) in [5, 5.41) is 2.52. The van der Waals surface area contributed by atoms with Gasteiger partial charge >= 0.3 is 5.63 Å². The molecule has 17 heavy (non-hydrogen) atoms. The molecule has 1 aromatic heterocycles. The van der Waals surface area contributed by atoms with E-state index < -0.39 is 0 Å². The number of halogens is 1. The van der Waals surface area contributed by atoms with Crippen LogP contribution in [0.15, 0.2) is 50.1 Å². The Bertz CT molecular complexity index is 787. The highest BCUT2D eigenvalue weighted by molar-refractivity contribution is 9.10. The highest BCUT2D eigenvalue weighted by Gasteiger charge is 2.07. The summed E-state index contributed by atoms with van der Waals surface area (Å²) in [6.07, 6.45) is 0. The van der Waals surface area contributed by atoms with E-state index in [1.807, 2.05) is 37.3 Å². The molecular weight excluding hydrogens is 280 g/mol. The van der Waals surface area contributed by atoms with Crippen LogP contribution in [0.1, 0.15) is 5.56 Å². The van der Waals surface area contributed by atoms with E-state index in [-0.39, 0.29) is 5.63 Å². The minimum atomic E-state index is -0.288. The van der Waals surface area contributed by atoms with Gasteiger partial charge in [-0.1, -0.05) is 27.6 Å². The lowest BCUT2D eigenvalue weighted by atomic mass is 10.1. The minimum absolute atomic E-state index is 0.288. The summed E-state index contributed by atoms with van der Waals surface area (Å²) in [4.78, 5) is 11.8. The molecule has 3 heteroatoms. The molecule has 0 unspecified atom stereocenters. The number of hydrogen-bond acceptors (Lipinski definition) is 2. The largest absolute Gasteiger partial charge is 0.422 e. The van der Waals surface area contributed by atoms with Crippen LogP contribution in [0.5, 0.6) is 0 Å². The Morgan fingerprint density at radius 2 is 1.82 bits per heavy atom. The normalized spacial score (nSPS) is 11.2. The van der Waals surface area contributed by atoms with Gasteiger partial charge in [0.05, 0.1) is 5.39 Å². The van der Waals surface area contributed by atoms with Crippen LogP contribution in [0.3, 0.4) is 0 Å². The number of fused-ring (bicyclic) bond motifs is 3. The SMILES string of the molecule is Cc1ccc2oc(=O)c3ccc(Br)cc3c2c1. The summed E-state index contributed by atoms with van der Waals surface area (Å²) in [6, 6.07) is 11.4. The van der Waals surface area contributed by atoms with Gasteiger partial charge in [-0.05, 0) is 37.3 Å². The number of rotatable bonds is 0. The van der Waals surface area contributed by atoms with E-state index in [4.69, 9.17) is 4.42 Å². The fourth-order valence-corrected chi connectivity index (χ4v) is 2.38. The first kappa shape index (κ1) is 10.5. The molecule has 0 atom stereocenters. The van der Waals surface area contributed by atoms with E-state index in [9.17, 15) is 4.79 Å². The zero-order chi connectivity index (χ0) is 12.0. The van der Waals surface area contributed by atoms with Crippen LogP contribution in [0.25, 0.3) is 21.7 Å². The number of benzene rings is 2. The van der Waals surface area contributed by atoms with Crippen molar-refractivity contribution >= 4 is 37.7 Å². The Morgan fingerprint density at radius 1 is 1.00 bits per heavy atom. The molecule has 0 N–H and O–H groups in total. The van der Waals surface area contributed by atoms with Gasteiger partial charge in [-0.15, -0.1) is 0 Å². The summed E-state index contributed by atoms with van der Waals surface area (Å²) in [6.45, 7) is 2.02. The molecule has 0 fully saturated rings. The average molecular weight is 289 g/mol. The lowest BCUT2D eigenvalue weighted by Gasteiger charge is -2.03. The smallest absolute Gasteiger partial charge is 0.344 e. The Balaban J connectivity index is 2.64. The summed E-state index contributed by atoms with van der Waals surface area (Å²) < 4.78 is 6.26. The molecule has 84 valence electrons. The Labute approximate surface area is 106 Å². The van der Waals surface area contributed by atoms with Gasteiger partial charge in [0.15, 0.2) is 0 Å². The van der Waals surface area contributed by atoms with Crippen LogP contribution >= 0.6 is 15.9 Å². The number of aryl methyl sites for hydroxylation is 1. The van der Waals surface area contributed by atoms with Crippen LogP contribution in [0, 0.1) is 6.92 Å². The van der Waals surface area contributed by atoms with Crippen molar-refractivity contribution in [2.45, 2.75) is 6.92 Å². The van der Waals surface area contributed by atoms with Crippen molar-refractivity contribution in [2.24, 2.45) is 0 Å². The molecule has 0 aliphatic heterocycles. The average Bonchev–Trinajstić information content (AvgIpc) is 2.30. The van der Waals surface area contributed by atoms with Crippen molar-refractivity contribution in [3.8, 4) is 0 Å². The van der Waals surface area contributed by atoms with Gasteiger partial charge in [0.1, 0.15) is 5.58 Å². The van der Waals surface area contributed by atoms with Gasteiger partial charge in [0.2, 0.25) is 0 Å². The first-order valence-electron chi connectivity index (χ1n) is 5.28.